The van der Waals surface area contributed by atoms with Crippen LogP contribution in [0.2, 0.25) is 0 Å². The van der Waals surface area contributed by atoms with Crippen molar-refractivity contribution in [2.24, 2.45) is 11.8 Å². The molecule has 0 saturated heterocycles. The minimum atomic E-state index is 0.530. The number of unbranched alkanes of at least 4 members (excludes halogenated alkanes) is 1. The molecular weight excluding hydrogens is 184 g/mol. The molecule has 1 heteroatoms. The van der Waals surface area contributed by atoms with Crippen molar-refractivity contribution in [2.75, 3.05) is 0 Å². The first-order chi connectivity index (χ1) is 7.26. The van der Waals surface area contributed by atoms with E-state index in [0.717, 1.165) is 18.8 Å². The molecule has 1 atom stereocenters. The fourth-order valence-electron chi connectivity index (χ4n) is 2.37. The highest BCUT2D eigenvalue weighted by molar-refractivity contribution is 5.78. The molecule has 1 aliphatic carbocycles. The van der Waals surface area contributed by atoms with Gasteiger partial charge >= 0.3 is 0 Å². The lowest BCUT2D eigenvalue weighted by molar-refractivity contribution is -0.121. The third-order valence-electron chi connectivity index (χ3n) is 3.80. The van der Waals surface area contributed by atoms with Gasteiger partial charge < -0.3 is 0 Å². The lowest BCUT2D eigenvalue weighted by Gasteiger charge is -2.25. The second kappa shape index (κ2) is 7.03. The predicted octanol–water partition coefficient (Wildman–Crippen LogP) is 4.35. The molecule has 0 spiro atoms. The average Bonchev–Trinajstić information content (AvgIpc) is 2.18. The van der Waals surface area contributed by atoms with Crippen molar-refractivity contribution in [1.82, 2.24) is 0 Å². The summed E-state index contributed by atoms with van der Waals surface area (Å²) in [6.07, 6.45) is 10.7. The van der Waals surface area contributed by atoms with Crippen molar-refractivity contribution < 1.29 is 4.79 Å². The van der Waals surface area contributed by atoms with Crippen LogP contribution in [-0.2, 0) is 4.79 Å². The fourth-order valence-corrected chi connectivity index (χ4v) is 2.37. The molecule has 1 nitrogen and oxygen atoms in total. The second-order valence-corrected chi connectivity index (χ2v) is 5.16. The Kier molecular flexibility index (Phi) is 5.97. The summed E-state index contributed by atoms with van der Waals surface area (Å²) in [4.78, 5) is 11.8. The minimum Gasteiger partial charge on any atom is -0.300 e. The van der Waals surface area contributed by atoms with Gasteiger partial charge in [-0.15, -0.1) is 0 Å². The Morgan fingerprint density at radius 1 is 1.33 bits per heavy atom. The predicted molar refractivity (Wildman–Crippen MR) is 64.9 cm³/mol. The molecule has 1 rings (SSSR count). The van der Waals surface area contributed by atoms with Crippen molar-refractivity contribution in [3.63, 3.8) is 0 Å². The zero-order chi connectivity index (χ0) is 11.1. The molecule has 1 saturated carbocycles. The molecular formula is C14H26O. The van der Waals surface area contributed by atoms with Gasteiger partial charge in [-0.05, 0) is 11.8 Å². The Labute approximate surface area is 94.6 Å². The van der Waals surface area contributed by atoms with E-state index in [1.54, 1.807) is 0 Å². The molecule has 0 N–H and O–H groups in total. The Bertz CT molecular complexity index is 182. The summed E-state index contributed by atoms with van der Waals surface area (Å²) in [5.41, 5.74) is 0. The highest BCUT2D eigenvalue weighted by atomic mass is 16.1. The van der Waals surface area contributed by atoms with Gasteiger partial charge in [0.2, 0.25) is 0 Å². The first-order valence-electron chi connectivity index (χ1n) is 6.77. The molecule has 88 valence electrons. The Morgan fingerprint density at radius 3 is 2.53 bits per heavy atom. The fraction of sp³-hybridized carbons (Fsp3) is 0.929. The smallest absolute Gasteiger partial charge is 0.133 e. The van der Waals surface area contributed by atoms with Gasteiger partial charge in [0.15, 0.2) is 0 Å². The summed E-state index contributed by atoms with van der Waals surface area (Å²) in [5.74, 6) is 1.95. The normalized spacial score (nSPS) is 18.5. The van der Waals surface area contributed by atoms with Gasteiger partial charge in [-0.2, -0.15) is 0 Å². The first-order valence-corrected chi connectivity index (χ1v) is 6.77. The largest absolute Gasteiger partial charge is 0.300 e. The van der Waals surface area contributed by atoms with Crippen LogP contribution in [-0.4, -0.2) is 5.78 Å². The zero-order valence-corrected chi connectivity index (χ0v) is 10.4. The maximum Gasteiger partial charge on any atom is 0.133 e. The lowest BCUT2D eigenvalue weighted by Crippen LogP contribution is -2.17. The van der Waals surface area contributed by atoms with Crippen LogP contribution in [0.25, 0.3) is 0 Å². The summed E-state index contributed by atoms with van der Waals surface area (Å²) in [5, 5.41) is 0. The topological polar surface area (TPSA) is 17.1 Å². The standard InChI is InChI=1S/C14H26O/c1-3-5-7-12(4-2)10-14(15)11-13-8-6-9-13/h12-13H,3-11H2,1-2H3. The Balaban J connectivity index is 2.14. The van der Waals surface area contributed by atoms with Gasteiger partial charge in [0.05, 0.1) is 0 Å². The number of ketones is 1. The van der Waals surface area contributed by atoms with Gasteiger partial charge in [-0.1, -0.05) is 58.8 Å². The summed E-state index contributed by atoms with van der Waals surface area (Å²) in [6, 6.07) is 0. The van der Waals surface area contributed by atoms with Crippen LogP contribution in [0.15, 0.2) is 0 Å². The molecule has 0 aromatic rings. The third-order valence-corrected chi connectivity index (χ3v) is 3.80. The lowest BCUT2D eigenvalue weighted by atomic mass is 9.80. The van der Waals surface area contributed by atoms with Gasteiger partial charge in [-0.25, -0.2) is 0 Å². The second-order valence-electron chi connectivity index (χ2n) is 5.16. The van der Waals surface area contributed by atoms with Crippen molar-refractivity contribution in [1.29, 1.82) is 0 Å². The Hall–Kier alpha value is -0.330. The quantitative estimate of drug-likeness (QED) is 0.582. The van der Waals surface area contributed by atoms with Crippen molar-refractivity contribution in [2.45, 2.75) is 71.6 Å². The number of Topliss-reactive ketones (excluding diaryl/α,β-unsaturated/α-hetero) is 1. The molecule has 0 aromatic heterocycles. The number of carbonyl (C=O) groups excluding carboxylic acids is 1. The summed E-state index contributed by atoms with van der Waals surface area (Å²) >= 11 is 0. The molecule has 0 amide bonds. The van der Waals surface area contributed by atoms with Gasteiger partial charge in [0.25, 0.3) is 0 Å². The molecule has 0 aromatic carbocycles. The molecule has 0 bridgehead atoms. The maximum absolute atomic E-state index is 11.8. The van der Waals surface area contributed by atoms with Crippen LogP contribution in [0.5, 0.6) is 0 Å². The molecule has 0 heterocycles. The number of carbonyl (C=O) groups is 1. The SMILES string of the molecule is CCCCC(CC)CC(=O)CC1CCC1. The van der Waals surface area contributed by atoms with Crippen LogP contribution >= 0.6 is 0 Å². The highest BCUT2D eigenvalue weighted by Gasteiger charge is 2.21. The van der Waals surface area contributed by atoms with Gasteiger partial charge in [-0.3, -0.25) is 4.79 Å². The van der Waals surface area contributed by atoms with Gasteiger partial charge in [0, 0.05) is 12.8 Å². The highest BCUT2D eigenvalue weighted by Crippen LogP contribution is 2.30. The van der Waals surface area contributed by atoms with E-state index >= 15 is 0 Å². The van der Waals surface area contributed by atoms with E-state index in [-0.39, 0.29) is 0 Å². The van der Waals surface area contributed by atoms with Crippen LogP contribution in [0.1, 0.15) is 71.6 Å². The molecule has 0 aliphatic heterocycles. The van der Waals surface area contributed by atoms with E-state index in [1.165, 1.54) is 44.9 Å². The molecule has 1 aliphatic rings. The van der Waals surface area contributed by atoms with E-state index in [1.807, 2.05) is 0 Å². The van der Waals surface area contributed by atoms with E-state index in [2.05, 4.69) is 13.8 Å². The third kappa shape index (κ3) is 4.81. The van der Waals surface area contributed by atoms with Crippen molar-refractivity contribution in [3.8, 4) is 0 Å². The van der Waals surface area contributed by atoms with E-state index in [4.69, 9.17) is 0 Å². The van der Waals surface area contributed by atoms with E-state index < -0.39 is 0 Å². The first kappa shape index (κ1) is 12.7. The maximum atomic E-state index is 11.8. The van der Waals surface area contributed by atoms with E-state index in [9.17, 15) is 4.79 Å². The van der Waals surface area contributed by atoms with Crippen LogP contribution in [0.4, 0.5) is 0 Å². The number of hydrogen-bond acceptors (Lipinski definition) is 1. The molecule has 1 unspecified atom stereocenters. The zero-order valence-electron chi connectivity index (χ0n) is 10.4. The van der Waals surface area contributed by atoms with Crippen LogP contribution < -0.4 is 0 Å². The van der Waals surface area contributed by atoms with Crippen molar-refractivity contribution >= 4 is 5.78 Å². The number of hydrogen-bond donors (Lipinski definition) is 0. The number of rotatable bonds is 8. The minimum absolute atomic E-state index is 0.530. The van der Waals surface area contributed by atoms with Gasteiger partial charge in [0.1, 0.15) is 5.78 Å². The molecule has 1 fully saturated rings. The van der Waals surface area contributed by atoms with Crippen LogP contribution in [0.3, 0.4) is 0 Å². The Morgan fingerprint density at radius 2 is 2.07 bits per heavy atom. The van der Waals surface area contributed by atoms with Crippen LogP contribution in [0, 0.1) is 11.8 Å². The monoisotopic (exact) mass is 210 g/mol. The molecule has 0 radical (unpaired) electrons. The average molecular weight is 210 g/mol. The molecule has 15 heavy (non-hydrogen) atoms. The summed E-state index contributed by atoms with van der Waals surface area (Å²) in [7, 11) is 0. The summed E-state index contributed by atoms with van der Waals surface area (Å²) in [6.45, 7) is 4.44. The van der Waals surface area contributed by atoms with E-state index in [0.29, 0.717) is 11.7 Å². The summed E-state index contributed by atoms with van der Waals surface area (Å²) < 4.78 is 0. The van der Waals surface area contributed by atoms with Crippen molar-refractivity contribution in [3.05, 3.63) is 0 Å².